The normalized spacial score (nSPS) is 23.3. The largest absolute Gasteiger partial charge is 0.416 e. The lowest BCUT2D eigenvalue weighted by atomic mass is 9.61. The van der Waals surface area contributed by atoms with Crippen molar-refractivity contribution in [3.05, 3.63) is 82.3 Å². The molecule has 1 spiro atoms. The van der Waals surface area contributed by atoms with Crippen LogP contribution in [-0.4, -0.2) is 11.7 Å². The number of nitrogens with zero attached hydrogens (tertiary/aromatic N) is 2. The average molecular weight is 478 g/mol. The predicted molar refractivity (Wildman–Crippen MR) is 123 cm³/mol. The second-order valence-corrected chi connectivity index (χ2v) is 9.77. The highest BCUT2D eigenvalue weighted by Gasteiger charge is 2.61. The van der Waals surface area contributed by atoms with E-state index in [9.17, 15) is 28.0 Å². The maximum Gasteiger partial charge on any atom is 0.416 e. The van der Waals surface area contributed by atoms with Crippen LogP contribution in [0.3, 0.4) is 0 Å². The van der Waals surface area contributed by atoms with E-state index in [0.717, 1.165) is 12.1 Å². The number of halogens is 3. The highest BCUT2D eigenvalue weighted by Crippen LogP contribution is 2.57. The van der Waals surface area contributed by atoms with E-state index in [1.54, 1.807) is 24.3 Å². The molecule has 6 nitrogen and oxygen atoms in total. The average Bonchev–Trinajstić information content (AvgIpc) is 3.05. The number of anilines is 2. The minimum absolute atomic E-state index is 0.0598. The smallest absolute Gasteiger partial charge is 0.384 e. The quantitative estimate of drug-likeness (QED) is 0.616. The molecule has 2 heterocycles. The first-order valence-electron chi connectivity index (χ1n) is 11.0. The number of amides is 1. The minimum atomic E-state index is -4.60. The summed E-state index contributed by atoms with van der Waals surface area (Å²) in [5, 5.41) is 13.0. The number of carbonyl (C=O) groups excluding carboxylic acids is 2. The number of nitrogens with two attached hydrogens (primary N) is 1. The van der Waals surface area contributed by atoms with Gasteiger partial charge < -0.3 is 11.1 Å². The number of nitrogens with one attached hydrogen (secondary N) is 1. The van der Waals surface area contributed by atoms with Crippen molar-refractivity contribution in [2.75, 3.05) is 10.2 Å². The van der Waals surface area contributed by atoms with Gasteiger partial charge >= 0.3 is 6.18 Å². The van der Waals surface area contributed by atoms with Crippen molar-refractivity contribution in [3.8, 4) is 6.07 Å². The van der Waals surface area contributed by atoms with Crippen molar-refractivity contribution in [3.63, 3.8) is 0 Å². The van der Waals surface area contributed by atoms with Crippen molar-refractivity contribution in [2.45, 2.75) is 38.3 Å². The van der Waals surface area contributed by atoms with Crippen molar-refractivity contribution >= 4 is 23.1 Å². The molecule has 2 aromatic rings. The van der Waals surface area contributed by atoms with Gasteiger partial charge in [-0.25, -0.2) is 0 Å². The molecular weight excluding hydrogens is 457 g/mol. The number of ketones is 1. The standard InChI is InChI=1S/C26H21F3N4O2/c1-24(2)11-19-21(20(34)12-24)25(16-8-3-4-9-18(16)32-23(25)35)17(13-30)22(31)33(19)15-7-5-6-14(10-15)26(27,28)29/h3-10H,11-12,31H2,1-2H3,(H,32,35). The van der Waals surface area contributed by atoms with Gasteiger partial charge in [-0.15, -0.1) is 0 Å². The molecule has 3 aliphatic rings. The maximum absolute atomic E-state index is 13.7. The van der Waals surface area contributed by atoms with Gasteiger partial charge in [0.25, 0.3) is 0 Å². The molecule has 3 N–H and O–H groups in total. The second-order valence-electron chi connectivity index (χ2n) is 9.77. The number of para-hydroxylation sites is 1. The highest BCUT2D eigenvalue weighted by molar-refractivity contribution is 6.20. The van der Waals surface area contributed by atoms with Crippen LogP contribution in [0.25, 0.3) is 0 Å². The summed E-state index contributed by atoms with van der Waals surface area (Å²) in [4.78, 5) is 28.7. The molecule has 1 aliphatic carbocycles. The molecular formula is C26H21F3N4O2. The van der Waals surface area contributed by atoms with Gasteiger partial charge in [0.15, 0.2) is 5.78 Å². The number of Topliss-reactive ketones (excluding diaryl/α,β-unsaturated/α-hetero) is 1. The summed E-state index contributed by atoms with van der Waals surface area (Å²) >= 11 is 0. The SMILES string of the molecule is CC1(C)CC(=O)C2=C(C1)N(c1cccc(C(F)(F)F)c1)C(N)=C(C#N)C21C(=O)Nc2ccccc21. The summed E-state index contributed by atoms with van der Waals surface area (Å²) in [6, 6.07) is 13.3. The van der Waals surface area contributed by atoms with Gasteiger partial charge in [0, 0.05) is 34.6 Å². The fraction of sp³-hybridized carbons (Fsp3) is 0.269. The number of hydrogen-bond acceptors (Lipinski definition) is 5. The van der Waals surface area contributed by atoms with Crippen molar-refractivity contribution in [1.29, 1.82) is 5.26 Å². The lowest BCUT2D eigenvalue weighted by Crippen LogP contribution is -2.52. The third kappa shape index (κ3) is 3.09. The number of hydrogen-bond donors (Lipinski definition) is 2. The molecule has 1 amide bonds. The van der Waals surface area contributed by atoms with E-state index in [2.05, 4.69) is 5.32 Å². The molecule has 5 rings (SSSR count). The Morgan fingerprint density at radius 1 is 1.09 bits per heavy atom. The van der Waals surface area contributed by atoms with Crippen LogP contribution < -0.4 is 16.0 Å². The van der Waals surface area contributed by atoms with E-state index < -0.39 is 28.5 Å². The van der Waals surface area contributed by atoms with Crippen LogP contribution in [0.5, 0.6) is 0 Å². The zero-order valence-electron chi connectivity index (χ0n) is 19.0. The number of allylic oxidation sites excluding steroid dienone is 1. The molecule has 9 heteroatoms. The fourth-order valence-electron chi connectivity index (χ4n) is 5.49. The molecule has 0 radical (unpaired) electrons. The first kappa shape index (κ1) is 22.7. The molecule has 1 unspecified atom stereocenters. The zero-order valence-corrected chi connectivity index (χ0v) is 19.0. The van der Waals surface area contributed by atoms with Crippen LogP contribution in [-0.2, 0) is 21.2 Å². The Morgan fingerprint density at radius 2 is 1.80 bits per heavy atom. The Balaban J connectivity index is 1.87. The van der Waals surface area contributed by atoms with E-state index in [1.807, 2.05) is 19.9 Å². The van der Waals surface area contributed by atoms with E-state index in [0.29, 0.717) is 16.9 Å². The van der Waals surface area contributed by atoms with Gasteiger partial charge in [-0.1, -0.05) is 38.1 Å². The third-order valence-electron chi connectivity index (χ3n) is 6.83. The summed E-state index contributed by atoms with van der Waals surface area (Å²) < 4.78 is 40.6. The summed E-state index contributed by atoms with van der Waals surface area (Å²) in [5.41, 5.74) is 4.47. The number of carbonyl (C=O) groups is 2. The number of rotatable bonds is 1. The van der Waals surface area contributed by atoms with Gasteiger partial charge in [-0.2, -0.15) is 18.4 Å². The van der Waals surface area contributed by atoms with E-state index >= 15 is 0 Å². The van der Waals surface area contributed by atoms with Crippen LogP contribution >= 0.6 is 0 Å². The second kappa shape index (κ2) is 7.22. The number of benzene rings is 2. The molecule has 2 aliphatic heterocycles. The minimum Gasteiger partial charge on any atom is -0.384 e. The maximum atomic E-state index is 13.7. The van der Waals surface area contributed by atoms with Gasteiger partial charge in [-0.3, -0.25) is 14.5 Å². The van der Waals surface area contributed by atoms with Gasteiger partial charge in [0.1, 0.15) is 17.3 Å². The third-order valence-corrected chi connectivity index (χ3v) is 6.83. The van der Waals surface area contributed by atoms with Gasteiger partial charge in [0.05, 0.1) is 11.1 Å². The van der Waals surface area contributed by atoms with Crippen LogP contribution in [0.1, 0.15) is 37.8 Å². The van der Waals surface area contributed by atoms with Crippen LogP contribution in [0, 0.1) is 16.7 Å². The van der Waals surface area contributed by atoms with Crippen molar-refractivity contribution < 1.29 is 22.8 Å². The van der Waals surface area contributed by atoms with Crippen molar-refractivity contribution in [1.82, 2.24) is 0 Å². The molecule has 0 aromatic heterocycles. The van der Waals surface area contributed by atoms with Crippen molar-refractivity contribution in [2.24, 2.45) is 11.1 Å². The zero-order chi connectivity index (χ0) is 25.3. The molecule has 178 valence electrons. The Hall–Kier alpha value is -4.06. The molecule has 0 fully saturated rings. The van der Waals surface area contributed by atoms with Gasteiger partial charge in [0.2, 0.25) is 5.91 Å². The molecule has 0 bridgehead atoms. The Labute approximate surface area is 199 Å². The van der Waals surface area contributed by atoms with E-state index in [1.165, 1.54) is 17.0 Å². The summed E-state index contributed by atoms with van der Waals surface area (Å²) in [6.45, 7) is 3.74. The summed E-state index contributed by atoms with van der Waals surface area (Å²) in [5.74, 6) is -1.11. The van der Waals surface area contributed by atoms with Crippen LogP contribution in [0.15, 0.2) is 71.2 Å². The topological polar surface area (TPSA) is 99.2 Å². The molecule has 0 saturated heterocycles. The molecule has 35 heavy (non-hydrogen) atoms. The summed E-state index contributed by atoms with van der Waals surface area (Å²) in [6.07, 6.45) is -4.23. The monoisotopic (exact) mass is 478 g/mol. The number of alkyl halides is 3. The highest BCUT2D eigenvalue weighted by atomic mass is 19.4. The fourth-order valence-corrected chi connectivity index (χ4v) is 5.49. The number of fused-ring (bicyclic) bond motifs is 3. The lowest BCUT2D eigenvalue weighted by molar-refractivity contribution is -0.137. The first-order chi connectivity index (χ1) is 16.4. The Kier molecular flexibility index (Phi) is 4.69. The predicted octanol–water partition coefficient (Wildman–Crippen LogP) is 4.75. The van der Waals surface area contributed by atoms with Crippen LogP contribution in [0.4, 0.5) is 24.5 Å². The summed E-state index contributed by atoms with van der Waals surface area (Å²) in [7, 11) is 0. The lowest BCUT2D eigenvalue weighted by Gasteiger charge is -2.46. The Morgan fingerprint density at radius 3 is 2.49 bits per heavy atom. The molecule has 1 atom stereocenters. The van der Waals surface area contributed by atoms with Crippen LogP contribution in [0.2, 0.25) is 0 Å². The van der Waals surface area contributed by atoms with Gasteiger partial charge in [-0.05, 0) is 36.1 Å². The molecule has 0 saturated carbocycles. The first-order valence-corrected chi connectivity index (χ1v) is 11.0. The number of nitriles is 1. The molecule has 2 aromatic carbocycles. The Bertz CT molecular complexity index is 1410. The van der Waals surface area contributed by atoms with E-state index in [4.69, 9.17) is 5.73 Å². The van der Waals surface area contributed by atoms with E-state index in [-0.39, 0.29) is 41.3 Å².